The number of hydrogen-bond acceptors (Lipinski definition) is 4. The third-order valence-corrected chi connectivity index (χ3v) is 5.58. The third-order valence-electron chi connectivity index (χ3n) is 5.58. The number of halogens is 1. The van der Waals surface area contributed by atoms with E-state index >= 15 is 0 Å². The molecule has 6 heteroatoms. The van der Waals surface area contributed by atoms with Gasteiger partial charge in [0.2, 0.25) is 0 Å². The van der Waals surface area contributed by atoms with Gasteiger partial charge < -0.3 is 10.1 Å². The van der Waals surface area contributed by atoms with Crippen molar-refractivity contribution < 1.29 is 18.7 Å². The zero-order chi connectivity index (χ0) is 23.0. The molecule has 0 aromatic heterocycles. The lowest BCUT2D eigenvalue weighted by molar-refractivity contribution is -0.120. The summed E-state index contributed by atoms with van der Waals surface area (Å²) in [7, 11) is 1.54. The average Bonchev–Trinajstić information content (AvgIpc) is 3.01. The maximum atomic E-state index is 13.5. The SMILES string of the molecule is COc1ccc(C)cc1NC1=C(c2ccc(C)c(C)c2)C(=O)N(c2ccc(F)cc2)C1=O. The minimum atomic E-state index is -0.515. The molecule has 5 nitrogen and oxygen atoms in total. The van der Waals surface area contributed by atoms with Crippen LogP contribution in [0, 0.1) is 26.6 Å². The van der Waals surface area contributed by atoms with Crippen LogP contribution in [0.15, 0.2) is 66.4 Å². The molecular formula is C26H23FN2O3. The van der Waals surface area contributed by atoms with Crippen LogP contribution >= 0.6 is 0 Å². The van der Waals surface area contributed by atoms with Gasteiger partial charge in [0.05, 0.1) is 24.1 Å². The van der Waals surface area contributed by atoms with Gasteiger partial charge in [-0.3, -0.25) is 9.59 Å². The first-order valence-corrected chi connectivity index (χ1v) is 10.2. The number of carbonyl (C=O) groups is 2. The predicted molar refractivity (Wildman–Crippen MR) is 123 cm³/mol. The number of aryl methyl sites for hydroxylation is 3. The zero-order valence-electron chi connectivity index (χ0n) is 18.3. The van der Waals surface area contributed by atoms with E-state index in [1.807, 2.05) is 51.1 Å². The molecule has 0 saturated carbocycles. The van der Waals surface area contributed by atoms with Gasteiger partial charge in [0.25, 0.3) is 11.8 Å². The minimum Gasteiger partial charge on any atom is -0.495 e. The quantitative estimate of drug-likeness (QED) is 0.569. The average molecular weight is 430 g/mol. The standard InChI is InChI=1S/C26H23FN2O3/c1-15-5-12-22(32-4)21(13-15)28-24-23(18-7-6-16(2)17(3)14-18)25(30)29(26(24)31)20-10-8-19(27)9-11-20/h5-14,28H,1-4H3. The smallest absolute Gasteiger partial charge is 0.282 e. The van der Waals surface area contributed by atoms with E-state index in [9.17, 15) is 14.0 Å². The molecule has 4 rings (SSSR count). The first-order chi connectivity index (χ1) is 15.3. The van der Waals surface area contributed by atoms with Gasteiger partial charge in [0.1, 0.15) is 17.3 Å². The summed E-state index contributed by atoms with van der Waals surface area (Å²) in [4.78, 5) is 28.0. The maximum absolute atomic E-state index is 13.5. The fourth-order valence-corrected chi connectivity index (χ4v) is 3.69. The Bertz CT molecular complexity index is 1260. The van der Waals surface area contributed by atoms with E-state index in [1.54, 1.807) is 13.2 Å². The number of methoxy groups -OCH3 is 1. The molecule has 0 spiro atoms. The van der Waals surface area contributed by atoms with Gasteiger partial charge in [-0.05, 0) is 79.4 Å². The highest BCUT2D eigenvalue weighted by molar-refractivity contribution is 6.46. The van der Waals surface area contributed by atoms with Crippen molar-refractivity contribution >= 4 is 28.8 Å². The number of imide groups is 1. The van der Waals surface area contributed by atoms with E-state index < -0.39 is 17.6 Å². The summed E-state index contributed by atoms with van der Waals surface area (Å²) in [6.45, 7) is 5.86. The van der Waals surface area contributed by atoms with E-state index in [1.165, 1.54) is 24.3 Å². The molecule has 0 bridgehead atoms. The Kier molecular flexibility index (Phi) is 5.53. The van der Waals surface area contributed by atoms with E-state index in [0.717, 1.165) is 21.6 Å². The maximum Gasteiger partial charge on any atom is 0.282 e. The molecular weight excluding hydrogens is 407 g/mol. The number of amides is 2. The number of anilines is 2. The first kappa shape index (κ1) is 21.3. The molecule has 0 atom stereocenters. The molecule has 1 aliphatic heterocycles. The summed E-state index contributed by atoms with van der Waals surface area (Å²) in [6, 6.07) is 16.5. The topological polar surface area (TPSA) is 58.6 Å². The van der Waals surface area contributed by atoms with E-state index in [0.29, 0.717) is 22.7 Å². The van der Waals surface area contributed by atoms with Crippen LogP contribution in [0.3, 0.4) is 0 Å². The Labute approximate surface area is 186 Å². The lowest BCUT2D eigenvalue weighted by atomic mass is 9.99. The van der Waals surface area contributed by atoms with Crippen molar-refractivity contribution in [1.29, 1.82) is 0 Å². The second-order valence-corrected chi connectivity index (χ2v) is 7.80. The van der Waals surface area contributed by atoms with Crippen molar-refractivity contribution in [2.24, 2.45) is 0 Å². The summed E-state index contributed by atoms with van der Waals surface area (Å²) in [5.74, 6) is -0.890. The summed E-state index contributed by atoms with van der Waals surface area (Å²) >= 11 is 0. The Hall–Kier alpha value is -3.93. The highest BCUT2D eigenvalue weighted by Crippen LogP contribution is 2.36. The number of nitrogens with one attached hydrogen (secondary N) is 1. The first-order valence-electron chi connectivity index (χ1n) is 10.2. The molecule has 0 fully saturated rings. The van der Waals surface area contributed by atoms with Crippen LogP contribution in [-0.4, -0.2) is 18.9 Å². The van der Waals surface area contributed by atoms with Crippen molar-refractivity contribution in [2.45, 2.75) is 20.8 Å². The number of ether oxygens (including phenoxy) is 1. The largest absolute Gasteiger partial charge is 0.495 e. The number of rotatable bonds is 5. The van der Waals surface area contributed by atoms with Gasteiger partial charge in [-0.1, -0.05) is 24.3 Å². The van der Waals surface area contributed by atoms with Gasteiger partial charge in [0, 0.05) is 0 Å². The van der Waals surface area contributed by atoms with Crippen LogP contribution in [-0.2, 0) is 9.59 Å². The summed E-state index contributed by atoms with van der Waals surface area (Å²) in [5, 5.41) is 3.14. The van der Waals surface area contributed by atoms with Crippen molar-refractivity contribution in [1.82, 2.24) is 0 Å². The van der Waals surface area contributed by atoms with Crippen LogP contribution in [0.1, 0.15) is 22.3 Å². The highest BCUT2D eigenvalue weighted by Gasteiger charge is 2.40. The zero-order valence-corrected chi connectivity index (χ0v) is 18.3. The van der Waals surface area contributed by atoms with Crippen molar-refractivity contribution in [3.63, 3.8) is 0 Å². The molecule has 0 radical (unpaired) electrons. The summed E-state index contributed by atoms with van der Waals surface area (Å²) in [5.41, 5.74) is 4.96. The van der Waals surface area contributed by atoms with Crippen LogP contribution in [0.5, 0.6) is 5.75 Å². The molecule has 2 amide bonds. The van der Waals surface area contributed by atoms with Crippen molar-refractivity contribution in [2.75, 3.05) is 17.3 Å². The Balaban J connectivity index is 1.87. The monoisotopic (exact) mass is 430 g/mol. The molecule has 0 saturated heterocycles. The molecule has 32 heavy (non-hydrogen) atoms. The van der Waals surface area contributed by atoms with E-state index in [4.69, 9.17) is 4.74 Å². The lowest BCUT2D eigenvalue weighted by Gasteiger charge is -2.16. The van der Waals surface area contributed by atoms with Gasteiger partial charge in [-0.2, -0.15) is 0 Å². The molecule has 1 N–H and O–H groups in total. The van der Waals surface area contributed by atoms with Crippen LogP contribution < -0.4 is 15.0 Å². The Morgan fingerprint density at radius 3 is 2.22 bits per heavy atom. The summed E-state index contributed by atoms with van der Waals surface area (Å²) in [6.07, 6.45) is 0. The number of benzene rings is 3. The van der Waals surface area contributed by atoms with Crippen LogP contribution in [0.4, 0.5) is 15.8 Å². The fraction of sp³-hybridized carbons (Fsp3) is 0.154. The van der Waals surface area contributed by atoms with Gasteiger partial charge in [-0.25, -0.2) is 9.29 Å². The van der Waals surface area contributed by atoms with Crippen LogP contribution in [0.2, 0.25) is 0 Å². The van der Waals surface area contributed by atoms with Crippen molar-refractivity contribution in [3.05, 3.63) is 94.4 Å². The molecule has 0 aliphatic carbocycles. The molecule has 0 unspecified atom stereocenters. The second-order valence-electron chi connectivity index (χ2n) is 7.80. The number of hydrogen-bond donors (Lipinski definition) is 1. The third kappa shape index (κ3) is 3.75. The highest BCUT2D eigenvalue weighted by atomic mass is 19.1. The molecule has 1 aliphatic rings. The second kappa shape index (κ2) is 8.30. The summed E-state index contributed by atoms with van der Waals surface area (Å²) < 4.78 is 18.9. The fourth-order valence-electron chi connectivity index (χ4n) is 3.69. The van der Waals surface area contributed by atoms with Gasteiger partial charge in [0.15, 0.2) is 0 Å². The number of nitrogens with zero attached hydrogens (tertiary/aromatic N) is 1. The predicted octanol–water partition coefficient (Wildman–Crippen LogP) is 5.16. The lowest BCUT2D eigenvalue weighted by Crippen LogP contribution is -2.32. The van der Waals surface area contributed by atoms with Crippen molar-refractivity contribution in [3.8, 4) is 5.75 Å². The molecule has 162 valence electrons. The molecule has 3 aromatic carbocycles. The minimum absolute atomic E-state index is 0.145. The van der Waals surface area contributed by atoms with E-state index in [2.05, 4.69) is 5.32 Å². The van der Waals surface area contributed by atoms with Crippen LogP contribution in [0.25, 0.3) is 5.57 Å². The van der Waals surface area contributed by atoms with Gasteiger partial charge in [-0.15, -0.1) is 0 Å². The Morgan fingerprint density at radius 2 is 1.56 bits per heavy atom. The van der Waals surface area contributed by atoms with E-state index in [-0.39, 0.29) is 11.3 Å². The Morgan fingerprint density at radius 1 is 0.844 bits per heavy atom. The molecule has 3 aromatic rings. The van der Waals surface area contributed by atoms with Gasteiger partial charge >= 0.3 is 0 Å². The number of carbonyl (C=O) groups excluding carboxylic acids is 2. The normalized spacial score (nSPS) is 13.7. The molecule has 1 heterocycles.